The van der Waals surface area contributed by atoms with E-state index < -0.39 is 9.84 Å². The molecule has 2 aromatic heterocycles. The van der Waals surface area contributed by atoms with Crippen LogP contribution in [0.2, 0.25) is 0 Å². The molecule has 0 amide bonds. The van der Waals surface area contributed by atoms with E-state index in [0.29, 0.717) is 11.0 Å². The summed E-state index contributed by atoms with van der Waals surface area (Å²) >= 11 is 0. The van der Waals surface area contributed by atoms with Crippen LogP contribution in [0.3, 0.4) is 0 Å². The molecule has 0 unspecified atom stereocenters. The third-order valence-corrected chi connectivity index (χ3v) is 7.18. The summed E-state index contributed by atoms with van der Waals surface area (Å²) in [6.07, 6.45) is 1.63. The molecule has 8 heteroatoms. The van der Waals surface area contributed by atoms with E-state index in [4.69, 9.17) is 5.73 Å². The number of nitrogens with zero attached hydrogens (tertiary/aromatic N) is 4. The first kappa shape index (κ1) is 20.8. The van der Waals surface area contributed by atoms with Crippen LogP contribution >= 0.6 is 0 Å². The lowest BCUT2D eigenvalue weighted by Crippen LogP contribution is -2.07. The number of sulfone groups is 1. The van der Waals surface area contributed by atoms with E-state index in [1.807, 2.05) is 62.4 Å². The largest absolute Gasteiger partial charge is 0.382 e. The Kier molecular flexibility index (Phi) is 4.94. The Morgan fingerprint density at radius 1 is 0.879 bits per heavy atom. The number of hydrogen-bond donors (Lipinski definition) is 1. The molecule has 2 N–H and O–H groups in total. The lowest BCUT2D eigenvalue weighted by molar-refractivity contribution is 0.597. The van der Waals surface area contributed by atoms with Gasteiger partial charge in [0.15, 0.2) is 5.65 Å². The van der Waals surface area contributed by atoms with Gasteiger partial charge < -0.3 is 5.73 Å². The Hall–Kier alpha value is -4.04. The van der Waals surface area contributed by atoms with Gasteiger partial charge in [0, 0.05) is 0 Å². The molecule has 0 aliphatic heterocycles. The van der Waals surface area contributed by atoms with Gasteiger partial charge in [0.1, 0.15) is 16.2 Å². The monoisotopic (exact) mass is 455 g/mol. The average Bonchev–Trinajstić information content (AvgIpc) is 3.07. The van der Waals surface area contributed by atoms with Crippen molar-refractivity contribution < 1.29 is 8.42 Å². The van der Waals surface area contributed by atoms with Gasteiger partial charge >= 0.3 is 0 Å². The maximum absolute atomic E-state index is 13.7. The van der Waals surface area contributed by atoms with Crippen LogP contribution in [0.4, 0.5) is 5.82 Å². The molecule has 33 heavy (non-hydrogen) atoms. The van der Waals surface area contributed by atoms with Gasteiger partial charge in [-0.3, -0.25) is 0 Å². The Morgan fingerprint density at radius 2 is 1.55 bits per heavy atom. The van der Waals surface area contributed by atoms with Gasteiger partial charge in [-0.25, -0.2) is 18.4 Å². The van der Waals surface area contributed by atoms with Crippen LogP contribution in [-0.4, -0.2) is 29.3 Å². The summed E-state index contributed by atoms with van der Waals surface area (Å²) in [6, 6.07) is 21.8. The van der Waals surface area contributed by atoms with Crippen molar-refractivity contribution in [2.24, 2.45) is 5.10 Å². The topological polar surface area (TPSA) is 103 Å². The second-order valence-corrected chi connectivity index (χ2v) is 9.78. The van der Waals surface area contributed by atoms with Gasteiger partial charge in [-0.2, -0.15) is 9.78 Å². The molecule has 5 rings (SSSR count). The second kappa shape index (κ2) is 7.83. The number of anilines is 1. The number of rotatable bonds is 4. The molecule has 0 aliphatic carbocycles. The maximum atomic E-state index is 13.7. The van der Waals surface area contributed by atoms with Gasteiger partial charge in [0.2, 0.25) is 9.84 Å². The third kappa shape index (κ3) is 3.64. The molecule has 0 spiro atoms. The number of hydrogen-bond acceptors (Lipinski definition) is 6. The molecule has 0 saturated carbocycles. The van der Waals surface area contributed by atoms with E-state index in [2.05, 4.69) is 15.1 Å². The number of nitrogen functional groups attached to an aromatic ring is 1. The predicted molar refractivity (Wildman–Crippen MR) is 130 cm³/mol. The van der Waals surface area contributed by atoms with Crippen LogP contribution < -0.4 is 5.73 Å². The summed E-state index contributed by atoms with van der Waals surface area (Å²) < 4.78 is 28.7. The summed E-state index contributed by atoms with van der Waals surface area (Å²) in [5, 5.41) is 4.50. The fourth-order valence-electron chi connectivity index (χ4n) is 3.78. The highest BCUT2D eigenvalue weighted by molar-refractivity contribution is 7.92. The molecular weight excluding hydrogens is 434 g/mol. The van der Waals surface area contributed by atoms with Crippen molar-refractivity contribution >= 4 is 44.1 Å². The van der Waals surface area contributed by atoms with Crippen LogP contribution in [0, 0.1) is 13.8 Å². The van der Waals surface area contributed by atoms with Gasteiger partial charge in [-0.1, -0.05) is 54.1 Å². The Labute approximate surface area is 191 Å². The Morgan fingerprint density at radius 3 is 2.24 bits per heavy atom. The molecule has 2 heterocycles. The predicted octanol–water partition coefficient (Wildman–Crippen LogP) is 4.50. The van der Waals surface area contributed by atoms with Crippen LogP contribution in [0.15, 0.2) is 87.7 Å². The zero-order valence-electron chi connectivity index (χ0n) is 18.1. The summed E-state index contributed by atoms with van der Waals surface area (Å²) in [4.78, 5) is 9.33. The van der Waals surface area contributed by atoms with E-state index in [0.717, 1.165) is 16.7 Å². The number of aryl methyl sites for hydroxylation is 2. The van der Waals surface area contributed by atoms with Crippen molar-refractivity contribution in [2.75, 3.05) is 5.73 Å². The lowest BCUT2D eigenvalue weighted by atomic mass is 10.2. The summed E-state index contributed by atoms with van der Waals surface area (Å²) in [6.45, 7) is 3.83. The standard InChI is InChI=1S/C25H21N5O2S/c1-16-7-5-9-18(13-16)15-27-30-24(26)23(33(31,32)19-10-6-8-17(2)14-19)22-25(30)29-21-12-4-3-11-20(21)28-22/h3-15H,26H2,1-2H3/b27-15+. The van der Waals surface area contributed by atoms with Crippen molar-refractivity contribution in [3.63, 3.8) is 0 Å². The molecule has 0 atom stereocenters. The normalized spacial score (nSPS) is 12.2. The molecule has 5 aromatic rings. The fourth-order valence-corrected chi connectivity index (χ4v) is 5.37. The zero-order valence-corrected chi connectivity index (χ0v) is 18.9. The first-order valence-electron chi connectivity index (χ1n) is 10.3. The molecule has 7 nitrogen and oxygen atoms in total. The molecule has 0 radical (unpaired) electrons. The smallest absolute Gasteiger partial charge is 0.212 e. The summed E-state index contributed by atoms with van der Waals surface area (Å²) in [5.41, 5.74) is 10.8. The molecular formula is C25H21N5O2S. The summed E-state index contributed by atoms with van der Waals surface area (Å²) in [7, 11) is -3.98. The average molecular weight is 456 g/mol. The van der Waals surface area contributed by atoms with E-state index in [9.17, 15) is 8.42 Å². The minimum absolute atomic E-state index is 0.0364. The molecule has 3 aromatic carbocycles. The highest BCUT2D eigenvalue weighted by Gasteiger charge is 2.30. The van der Waals surface area contributed by atoms with Gasteiger partial charge in [-0.05, 0) is 49.2 Å². The Balaban J connectivity index is 1.81. The van der Waals surface area contributed by atoms with Gasteiger partial charge in [0.25, 0.3) is 0 Å². The van der Waals surface area contributed by atoms with E-state index >= 15 is 0 Å². The van der Waals surface area contributed by atoms with Crippen LogP contribution in [0.25, 0.3) is 22.2 Å². The summed E-state index contributed by atoms with van der Waals surface area (Å²) in [5.74, 6) is -0.0364. The third-order valence-electron chi connectivity index (χ3n) is 5.36. The highest BCUT2D eigenvalue weighted by Crippen LogP contribution is 2.35. The number of nitrogens with two attached hydrogens (primary N) is 1. The van der Waals surface area contributed by atoms with Crippen molar-refractivity contribution in [1.82, 2.24) is 14.6 Å². The van der Waals surface area contributed by atoms with Crippen LogP contribution in [0.5, 0.6) is 0 Å². The SMILES string of the molecule is Cc1cccc(/C=N/n2c(N)c(S(=O)(=O)c3cccc(C)c3)c3nc4ccccc4nc32)c1. The first-order chi connectivity index (χ1) is 15.8. The zero-order chi connectivity index (χ0) is 23.2. The number of benzene rings is 3. The van der Waals surface area contributed by atoms with Crippen molar-refractivity contribution in [3.05, 3.63) is 89.5 Å². The first-order valence-corrected chi connectivity index (χ1v) is 11.8. The second-order valence-electron chi connectivity index (χ2n) is 7.89. The van der Waals surface area contributed by atoms with E-state index in [1.54, 1.807) is 30.5 Å². The molecule has 0 fully saturated rings. The van der Waals surface area contributed by atoms with Crippen molar-refractivity contribution in [2.45, 2.75) is 23.6 Å². The van der Waals surface area contributed by atoms with Crippen molar-refractivity contribution in [1.29, 1.82) is 0 Å². The van der Waals surface area contributed by atoms with Crippen LogP contribution in [-0.2, 0) is 9.84 Å². The molecule has 0 saturated heterocycles. The number of fused-ring (bicyclic) bond motifs is 2. The van der Waals surface area contributed by atoms with E-state index in [1.165, 1.54) is 4.68 Å². The van der Waals surface area contributed by atoms with Gasteiger partial charge in [-0.15, -0.1) is 0 Å². The maximum Gasteiger partial charge on any atom is 0.212 e. The molecule has 164 valence electrons. The van der Waals surface area contributed by atoms with Gasteiger partial charge in [0.05, 0.1) is 22.1 Å². The fraction of sp³-hybridized carbons (Fsp3) is 0.0800. The molecule has 0 bridgehead atoms. The van der Waals surface area contributed by atoms with E-state index in [-0.39, 0.29) is 26.8 Å². The minimum atomic E-state index is -3.98. The number of aromatic nitrogens is 3. The molecule has 0 aliphatic rings. The number of para-hydroxylation sites is 2. The van der Waals surface area contributed by atoms with Crippen LogP contribution in [0.1, 0.15) is 16.7 Å². The highest BCUT2D eigenvalue weighted by atomic mass is 32.2. The Bertz CT molecular complexity index is 1670. The lowest BCUT2D eigenvalue weighted by Gasteiger charge is -2.06. The minimum Gasteiger partial charge on any atom is -0.382 e. The quantitative estimate of drug-likeness (QED) is 0.402. The van der Waals surface area contributed by atoms with Crippen molar-refractivity contribution in [3.8, 4) is 0 Å².